The molecule has 0 radical (unpaired) electrons. The quantitative estimate of drug-likeness (QED) is 0.119. The highest BCUT2D eigenvalue weighted by molar-refractivity contribution is 6.80. The molecular weight excluding hydrogens is 577 g/mol. The van der Waals surface area contributed by atoms with Crippen molar-refractivity contribution in [3.63, 3.8) is 0 Å². The largest absolute Gasteiger partial charge is 0.469 e. The van der Waals surface area contributed by atoms with Gasteiger partial charge in [-0.05, 0) is 66.6 Å². The fraction of sp³-hybridized carbons (Fsp3) is 0.526. The van der Waals surface area contributed by atoms with E-state index in [1.165, 1.54) is 37.0 Å². The number of benzene rings is 2. The van der Waals surface area contributed by atoms with Crippen LogP contribution in [-0.2, 0) is 11.2 Å². The molecule has 0 spiro atoms. The van der Waals surface area contributed by atoms with Gasteiger partial charge in [0.25, 0.3) is 0 Å². The van der Waals surface area contributed by atoms with Crippen molar-refractivity contribution in [1.82, 2.24) is 5.32 Å². The van der Waals surface area contributed by atoms with Crippen LogP contribution in [0.2, 0.25) is 24.2 Å². The molecule has 2 aromatic carbocycles. The van der Waals surface area contributed by atoms with Crippen LogP contribution >= 0.6 is 0 Å². The van der Waals surface area contributed by atoms with E-state index in [2.05, 4.69) is 46.1 Å². The van der Waals surface area contributed by atoms with E-state index in [0.29, 0.717) is 17.3 Å². The Kier molecular flexibility index (Phi) is 14.4. The van der Waals surface area contributed by atoms with E-state index in [4.69, 9.17) is 9.15 Å². The number of para-hydroxylation sites is 2. The number of ether oxygens (including phenoxy) is 1. The molecule has 246 valence electrons. The number of furan rings is 1. The Morgan fingerprint density at radius 1 is 0.844 bits per heavy atom. The fourth-order valence-corrected chi connectivity index (χ4v) is 8.13. The van der Waals surface area contributed by atoms with E-state index in [-0.39, 0.29) is 11.1 Å². The smallest absolute Gasteiger partial charge is 0.415 e. The van der Waals surface area contributed by atoms with Crippen LogP contribution in [0, 0.1) is 5.92 Å². The van der Waals surface area contributed by atoms with Gasteiger partial charge < -0.3 is 9.15 Å². The van der Waals surface area contributed by atoms with Crippen LogP contribution in [0.5, 0.6) is 0 Å². The van der Waals surface area contributed by atoms with Crippen LogP contribution in [0.1, 0.15) is 91.2 Å². The Labute approximate surface area is 272 Å². The molecule has 3 amide bonds. The number of hydrogen-bond donors (Lipinski definition) is 1. The number of imide groups is 1. The summed E-state index contributed by atoms with van der Waals surface area (Å²) in [5.74, 6) is 1.27. The predicted octanol–water partition coefficient (Wildman–Crippen LogP) is 11.5. The van der Waals surface area contributed by atoms with Gasteiger partial charge in [0.2, 0.25) is 0 Å². The number of nitrogens with zero attached hydrogens (tertiary/aromatic N) is 1. The van der Waals surface area contributed by atoms with Crippen LogP contribution in [0.15, 0.2) is 83.5 Å². The highest BCUT2D eigenvalue weighted by Gasteiger charge is 2.38. The summed E-state index contributed by atoms with van der Waals surface area (Å²) in [6, 6.07) is 23.2. The van der Waals surface area contributed by atoms with E-state index in [1.54, 1.807) is 6.26 Å². The number of carbonyl (C=O) groups is 2. The minimum Gasteiger partial charge on any atom is -0.469 e. The third kappa shape index (κ3) is 12.2. The average Bonchev–Trinajstić information content (AvgIpc) is 3.50. The number of unbranched alkanes of at least 4 members (excludes halogenated alkanes) is 6. The van der Waals surface area contributed by atoms with Crippen LogP contribution < -0.4 is 10.2 Å². The summed E-state index contributed by atoms with van der Waals surface area (Å²) in [6.45, 7) is 14.2. The zero-order valence-corrected chi connectivity index (χ0v) is 29.5. The van der Waals surface area contributed by atoms with Gasteiger partial charge in [0.05, 0.1) is 25.7 Å². The van der Waals surface area contributed by atoms with Crippen LogP contribution in [0.25, 0.3) is 0 Å². The van der Waals surface area contributed by atoms with E-state index in [9.17, 15) is 9.59 Å². The number of anilines is 2. The first-order valence-corrected chi connectivity index (χ1v) is 20.1. The molecule has 0 aliphatic heterocycles. The van der Waals surface area contributed by atoms with Gasteiger partial charge in [-0.1, -0.05) is 122 Å². The Balaban J connectivity index is 1.76. The third-order valence-electron chi connectivity index (χ3n) is 9.34. The number of urea groups is 1. The van der Waals surface area contributed by atoms with E-state index < -0.39 is 20.2 Å². The number of nitrogens with one attached hydrogen (secondary N) is 1. The summed E-state index contributed by atoms with van der Waals surface area (Å²) in [6.07, 6.45) is 11.4. The Hall–Kier alpha value is -3.32. The Bertz CT molecular complexity index is 1220. The van der Waals surface area contributed by atoms with Crippen LogP contribution in [0.3, 0.4) is 0 Å². The molecule has 0 aliphatic rings. The lowest BCUT2D eigenvalue weighted by molar-refractivity contribution is 0.0784. The minimum absolute atomic E-state index is 0.241. The molecular formula is C38H56N2O4Si. The summed E-state index contributed by atoms with van der Waals surface area (Å²) in [5.41, 5.74) is 1.34. The second-order valence-electron chi connectivity index (χ2n) is 14.1. The SMILES string of the molecule is CCCCCCCCCC(CC(Cc1ccco1)C[Si](C)(C)C(C)(C)C)OC(=O)NC(=O)N(c1ccccc1)c1ccccc1. The van der Waals surface area contributed by atoms with Gasteiger partial charge in [-0.25, -0.2) is 14.9 Å². The maximum atomic E-state index is 13.6. The fourth-order valence-electron chi connectivity index (χ4n) is 5.77. The van der Waals surface area contributed by atoms with Crippen molar-refractivity contribution in [1.29, 1.82) is 0 Å². The van der Waals surface area contributed by atoms with Crippen molar-refractivity contribution in [3.8, 4) is 0 Å². The van der Waals surface area contributed by atoms with Crippen molar-refractivity contribution in [2.45, 2.75) is 122 Å². The second-order valence-corrected chi connectivity index (χ2v) is 19.8. The Morgan fingerprint density at radius 2 is 1.42 bits per heavy atom. The number of alkyl carbamates (subject to hydrolysis) is 1. The molecule has 0 aliphatic carbocycles. The van der Waals surface area contributed by atoms with E-state index in [1.807, 2.05) is 72.8 Å². The Morgan fingerprint density at radius 3 is 1.96 bits per heavy atom. The van der Waals surface area contributed by atoms with Gasteiger partial charge in [-0.15, -0.1) is 0 Å². The normalized spacial score (nSPS) is 13.2. The van der Waals surface area contributed by atoms with Crippen molar-refractivity contribution in [3.05, 3.63) is 84.8 Å². The summed E-state index contributed by atoms with van der Waals surface area (Å²) in [4.78, 5) is 28.5. The average molecular weight is 633 g/mol. The first-order chi connectivity index (χ1) is 21.5. The van der Waals surface area contributed by atoms with Gasteiger partial charge in [0, 0.05) is 6.42 Å². The molecule has 1 N–H and O–H groups in total. The lowest BCUT2D eigenvalue weighted by atomic mass is 9.95. The van der Waals surface area contributed by atoms with E-state index >= 15 is 0 Å². The monoisotopic (exact) mass is 632 g/mol. The minimum atomic E-state index is -1.64. The number of carbonyl (C=O) groups excluding carboxylic acids is 2. The maximum Gasteiger partial charge on any atom is 0.415 e. The van der Waals surface area contributed by atoms with Crippen LogP contribution in [-0.4, -0.2) is 26.3 Å². The molecule has 0 saturated carbocycles. The molecule has 0 fully saturated rings. The first-order valence-electron chi connectivity index (χ1n) is 16.9. The molecule has 3 rings (SSSR count). The second kappa shape index (κ2) is 18.0. The molecule has 0 bridgehead atoms. The summed E-state index contributed by atoms with van der Waals surface area (Å²) in [7, 11) is -1.64. The number of hydrogen-bond acceptors (Lipinski definition) is 4. The van der Waals surface area contributed by atoms with Crippen LogP contribution in [0.4, 0.5) is 21.0 Å². The van der Waals surface area contributed by atoms with Gasteiger partial charge in [0.1, 0.15) is 11.9 Å². The summed E-state index contributed by atoms with van der Waals surface area (Å²) >= 11 is 0. The molecule has 7 heteroatoms. The predicted molar refractivity (Wildman–Crippen MR) is 189 cm³/mol. The number of amides is 3. The van der Waals surface area contributed by atoms with E-state index in [0.717, 1.165) is 43.9 Å². The third-order valence-corrected chi connectivity index (χ3v) is 15.0. The topological polar surface area (TPSA) is 71.8 Å². The molecule has 45 heavy (non-hydrogen) atoms. The zero-order valence-electron chi connectivity index (χ0n) is 28.5. The lowest BCUT2D eigenvalue weighted by Gasteiger charge is -2.40. The lowest BCUT2D eigenvalue weighted by Crippen LogP contribution is -2.43. The molecule has 6 nitrogen and oxygen atoms in total. The van der Waals surface area contributed by atoms with Gasteiger partial charge in [0.15, 0.2) is 0 Å². The molecule has 0 saturated heterocycles. The summed E-state index contributed by atoms with van der Waals surface area (Å²) in [5, 5.41) is 2.78. The van der Waals surface area contributed by atoms with Crippen molar-refractivity contribution in [2.24, 2.45) is 5.92 Å². The summed E-state index contributed by atoms with van der Waals surface area (Å²) < 4.78 is 11.9. The zero-order chi connectivity index (χ0) is 32.7. The van der Waals surface area contributed by atoms with Crippen molar-refractivity contribution >= 4 is 31.6 Å². The van der Waals surface area contributed by atoms with Crippen molar-refractivity contribution < 1.29 is 18.7 Å². The van der Waals surface area contributed by atoms with Gasteiger partial charge >= 0.3 is 12.1 Å². The highest BCUT2D eigenvalue weighted by Crippen LogP contribution is 2.42. The molecule has 3 aromatic rings. The molecule has 1 heterocycles. The highest BCUT2D eigenvalue weighted by atomic mass is 28.3. The van der Waals surface area contributed by atoms with Gasteiger partial charge in [-0.2, -0.15) is 0 Å². The molecule has 2 unspecified atom stereocenters. The first kappa shape index (κ1) is 36.1. The molecule has 2 atom stereocenters. The standard InChI is InChI=1S/C38H56N2O4Si/c1-7-8-9-10-11-12-19-25-35(29-31(28-34-26-20-27-43-34)30-45(5,6)38(2,3)4)44-37(42)39-36(41)40(32-21-15-13-16-22-32)33-23-17-14-18-24-33/h13-18,20-24,26-27,31,35H,7-12,19,25,28-30H2,1-6H3,(H,39,41,42). The van der Waals surface area contributed by atoms with Gasteiger partial charge in [-0.3, -0.25) is 4.90 Å². The molecule has 1 aromatic heterocycles. The number of rotatable bonds is 17. The maximum absolute atomic E-state index is 13.6. The van der Waals surface area contributed by atoms with Crippen molar-refractivity contribution in [2.75, 3.05) is 4.90 Å².